The van der Waals surface area contributed by atoms with Crippen LogP contribution < -0.4 is 11.1 Å². The van der Waals surface area contributed by atoms with Gasteiger partial charge in [-0.05, 0) is 47.5 Å². The lowest BCUT2D eigenvalue weighted by Crippen LogP contribution is -2.14. The van der Waals surface area contributed by atoms with Crippen molar-refractivity contribution in [3.63, 3.8) is 0 Å². The van der Waals surface area contributed by atoms with Gasteiger partial charge in [0.25, 0.3) is 5.91 Å². The SMILES string of the molecule is Nc1cccc(Cl)c1F.O=C(Nc1cccc(Cl)c1F)c1ccn(Cc2ccccc2)n1.O=C(O)c1ccn(Cc2ccccc2)n1. The van der Waals surface area contributed by atoms with Crippen LogP contribution in [0.15, 0.2) is 122 Å². The Hall–Kier alpha value is -5.52. The average molecular weight is 678 g/mol. The zero-order chi connectivity index (χ0) is 33.8. The number of amides is 1. The van der Waals surface area contributed by atoms with Crippen molar-refractivity contribution in [3.8, 4) is 0 Å². The van der Waals surface area contributed by atoms with Crippen LogP contribution in [0.1, 0.15) is 32.1 Å². The Morgan fingerprint density at radius 2 is 1.17 bits per heavy atom. The van der Waals surface area contributed by atoms with Gasteiger partial charge in [-0.2, -0.15) is 10.2 Å². The minimum Gasteiger partial charge on any atom is -0.476 e. The molecular weight excluding hydrogens is 649 g/mol. The molecular formula is C34H28Cl2F2N6O3. The maximum Gasteiger partial charge on any atom is 0.356 e. The van der Waals surface area contributed by atoms with Crippen molar-refractivity contribution in [2.45, 2.75) is 13.1 Å². The summed E-state index contributed by atoms with van der Waals surface area (Å²) in [6, 6.07) is 31.5. The van der Waals surface area contributed by atoms with Gasteiger partial charge in [0, 0.05) is 12.4 Å². The van der Waals surface area contributed by atoms with E-state index in [0.717, 1.165) is 11.1 Å². The van der Waals surface area contributed by atoms with E-state index >= 15 is 0 Å². The summed E-state index contributed by atoms with van der Waals surface area (Å²) in [5.41, 5.74) is 7.73. The highest BCUT2D eigenvalue weighted by atomic mass is 35.5. The Bertz CT molecular complexity index is 1920. The van der Waals surface area contributed by atoms with Crippen LogP contribution in [0.4, 0.5) is 20.2 Å². The number of carboxylic acids is 1. The summed E-state index contributed by atoms with van der Waals surface area (Å²) in [4.78, 5) is 22.7. The van der Waals surface area contributed by atoms with Crippen LogP contribution in [0.3, 0.4) is 0 Å². The van der Waals surface area contributed by atoms with Crippen molar-refractivity contribution < 1.29 is 23.5 Å². The van der Waals surface area contributed by atoms with E-state index < -0.39 is 23.5 Å². The van der Waals surface area contributed by atoms with Gasteiger partial charge in [0.05, 0.1) is 34.5 Å². The Kier molecular flexibility index (Phi) is 12.2. The van der Waals surface area contributed by atoms with Crippen LogP contribution in [0.2, 0.25) is 10.0 Å². The Labute approximate surface area is 278 Å². The standard InChI is InChI=1S/C17H13ClFN3O.C11H10N2O2.C6H5ClFN/c18-13-7-4-8-14(16(13)19)20-17(23)15-9-10-22(21-15)11-12-5-2-1-3-6-12;14-11(15)10-6-7-13(12-10)8-9-4-2-1-3-5-9;7-4-2-1-3-5(9)6(4)8/h1-10H,11H2,(H,20,23);1-7H,8H2,(H,14,15);1-3H,9H2. The Balaban J connectivity index is 0.000000178. The van der Waals surface area contributed by atoms with Crippen molar-refractivity contribution >= 4 is 46.5 Å². The van der Waals surface area contributed by atoms with Gasteiger partial charge < -0.3 is 16.2 Å². The van der Waals surface area contributed by atoms with Crippen molar-refractivity contribution in [1.82, 2.24) is 19.6 Å². The molecule has 4 N–H and O–H groups in total. The molecule has 0 aliphatic carbocycles. The molecule has 0 saturated carbocycles. The number of hydrogen-bond donors (Lipinski definition) is 3. The first-order valence-electron chi connectivity index (χ1n) is 13.9. The summed E-state index contributed by atoms with van der Waals surface area (Å²) < 4.78 is 29.5. The van der Waals surface area contributed by atoms with Crippen LogP contribution in [-0.4, -0.2) is 36.5 Å². The van der Waals surface area contributed by atoms with Gasteiger partial charge >= 0.3 is 5.97 Å². The third-order valence-electron chi connectivity index (χ3n) is 6.29. The Morgan fingerprint density at radius 3 is 1.66 bits per heavy atom. The quantitative estimate of drug-likeness (QED) is 0.149. The maximum atomic E-state index is 13.8. The third-order valence-corrected chi connectivity index (χ3v) is 6.87. The number of nitrogens with one attached hydrogen (secondary N) is 1. The molecule has 0 radical (unpaired) electrons. The largest absolute Gasteiger partial charge is 0.476 e. The van der Waals surface area contributed by atoms with Gasteiger partial charge in [0.1, 0.15) is 0 Å². The van der Waals surface area contributed by atoms with E-state index in [1.54, 1.807) is 40.0 Å². The van der Waals surface area contributed by atoms with Gasteiger partial charge in [-0.15, -0.1) is 0 Å². The summed E-state index contributed by atoms with van der Waals surface area (Å²) in [5, 5.41) is 19.3. The summed E-state index contributed by atoms with van der Waals surface area (Å²) in [6.07, 6.45) is 3.37. The number of aromatic carboxylic acids is 1. The highest BCUT2D eigenvalue weighted by Gasteiger charge is 2.14. The predicted molar refractivity (Wildman–Crippen MR) is 178 cm³/mol. The van der Waals surface area contributed by atoms with Gasteiger partial charge in [0.2, 0.25) is 0 Å². The molecule has 240 valence electrons. The summed E-state index contributed by atoms with van der Waals surface area (Å²) in [7, 11) is 0. The molecule has 0 bridgehead atoms. The number of carboxylic acid groups (broad SMARTS) is 1. The van der Waals surface area contributed by atoms with Crippen molar-refractivity contribution in [2.75, 3.05) is 11.1 Å². The van der Waals surface area contributed by atoms with Gasteiger partial charge in [-0.3, -0.25) is 14.2 Å². The molecule has 13 heteroatoms. The molecule has 0 fully saturated rings. The van der Waals surface area contributed by atoms with Crippen molar-refractivity contribution in [1.29, 1.82) is 0 Å². The molecule has 9 nitrogen and oxygen atoms in total. The molecule has 2 aromatic heterocycles. The van der Waals surface area contributed by atoms with Gasteiger partial charge in [-0.25, -0.2) is 13.6 Å². The minimum atomic E-state index is -0.998. The van der Waals surface area contributed by atoms with E-state index in [-0.39, 0.29) is 32.8 Å². The topological polar surface area (TPSA) is 128 Å². The van der Waals surface area contributed by atoms with Crippen LogP contribution >= 0.6 is 23.2 Å². The lowest BCUT2D eigenvalue weighted by atomic mass is 10.2. The van der Waals surface area contributed by atoms with Gasteiger partial charge in [-0.1, -0.05) is 96.0 Å². The molecule has 6 aromatic rings. The molecule has 0 unspecified atom stereocenters. The van der Waals surface area contributed by atoms with Crippen molar-refractivity contribution in [2.24, 2.45) is 0 Å². The predicted octanol–water partition coefficient (Wildman–Crippen LogP) is 7.67. The van der Waals surface area contributed by atoms with E-state index in [2.05, 4.69) is 15.5 Å². The van der Waals surface area contributed by atoms with E-state index in [1.165, 1.54) is 30.3 Å². The van der Waals surface area contributed by atoms with Crippen LogP contribution in [0, 0.1) is 11.6 Å². The molecule has 0 aliphatic heterocycles. The number of hydrogen-bond acceptors (Lipinski definition) is 5. The number of rotatable bonds is 7. The Morgan fingerprint density at radius 1 is 0.681 bits per heavy atom. The summed E-state index contributed by atoms with van der Waals surface area (Å²) >= 11 is 11.1. The number of benzene rings is 4. The van der Waals surface area contributed by atoms with E-state index in [1.807, 2.05) is 60.7 Å². The first-order chi connectivity index (χ1) is 22.6. The molecule has 0 atom stereocenters. The first kappa shape index (κ1) is 34.4. The molecule has 0 aliphatic rings. The van der Waals surface area contributed by atoms with Gasteiger partial charge in [0.15, 0.2) is 23.0 Å². The van der Waals surface area contributed by atoms with E-state index in [0.29, 0.717) is 13.1 Å². The fraction of sp³-hybridized carbons (Fsp3) is 0.0588. The zero-order valence-electron chi connectivity index (χ0n) is 24.6. The molecule has 6 rings (SSSR count). The van der Waals surface area contributed by atoms with Crippen LogP contribution in [-0.2, 0) is 13.1 Å². The molecule has 0 spiro atoms. The fourth-order valence-corrected chi connectivity index (χ4v) is 4.34. The lowest BCUT2D eigenvalue weighted by Gasteiger charge is -2.05. The molecule has 47 heavy (non-hydrogen) atoms. The maximum absolute atomic E-state index is 13.8. The number of aromatic nitrogens is 4. The second-order valence-electron chi connectivity index (χ2n) is 9.77. The minimum absolute atomic E-state index is 0.0279. The number of nitrogens with two attached hydrogens (primary N) is 1. The van der Waals surface area contributed by atoms with Crippen LogP contribution in [0.5, 0.6) is 0 Å². The highest BCUT2D eigenvalue weighted by Crippen LogP contribution is 2.22. The molecule has 2 heterocycles. The number of carbonyl (C=O) groups excluding carboxylic acids is 1. The third kappa shape index (κ3) is 10.2. The second kappa shape index (κ2) is 16.7. The van der Waals surface area contributed by atoms with E-state index in [9.17, 15) is 18.4 Å². The summed E-state index contributed by atoms with van der Waals surface area (Å²) in [6.45, 7) is 1.15. The highest BCUT2D eigenvalue weighted by molar-refractivity contribution is 6.31. The smallest absolute Gasteiger partial charge is 0.356 e. The zero-order valence-corrected chi connectivity index (χ0v) is 26.1. The number of halogens is 4. The molecule has 4 aromatic carbocycles. The normalized spacial score (nSPS) is 10.2. The van der Waals surface area contributed by atoms with E-state index in [4.69, 9.17) is 34.0 Å². The van der Waals surface area contributed by atoms with Crippen molar-refractivity contribution in [3.05, 3.63) is 166 Å². The first-order valence-corrected chi connectivity index (χ1v) is 14.7. The monoisotopic (exact) mass is 676 g/mol. The fourth-order valence-electron chi connectivity index (χ4n) is 3.98. The second-order valence-corrected chi connectivity index (χ2v) is 10.6. The summed E-state index contributed by atoms with van der Waals surface area (Å²) in [5.74, 6) is -2.69. The average Bonchev–Trinajstić information content (AvgIpc) is 3.74. The molecule has 1 amide bonds. The number of nitrogen functional groups attached to an aromatic ring is 1. The number of nitrogens with zero attached hydrogens (tertiary/aromatic N) is 4. The van der Waals surface area contributed by atoms with Crippen LogP contribution in [0.25, 0.3) is 0 Å². The number of anilines is 2. The number of carbonyl (C=O) groups is 2. The molecule has 0 saturated heterocycles. The lowest BCUT2D eigenvalue weighted by molar-refractivity contribution is 0.0689.